The number of aromatic nitrogens is 2. The van der Waals surface area contributed by atoms with E-state index in [1.54, 1.807) is 0 Å². The largest absolute Gasteiger partial charge is 0.172 e. The average Bonchev–Trinajstić information content (AvgIpc) is 3.87. The van der Waals surface area contributed by atoms with Crippen LogP contribution in [0.4, 0.5) is 0 Å². The van der Waals surface area contributed by atoms with Crippen LogP contribution in [0.3, 0.4) is 0 Å². The molecule has 0 unspecified atom stereocenters. The van der Waals surface area contributed by atoms with E-state index in [9.17, 15) is 0 Å². The molecule has 0 spiro atoms. The van der Waals surface area contributed by atoms with Gasteiger partial charge in [-0.3, -0.25) is 0 Å². The number of aryl methyl sites for hydroxylation is 2. The van der Waals surface area contributed by atoms with Crippen molar-refractivity contribution in [1.29, 1.82) is 0 Å². The highest BCUT2D eigenvalue weighted by Gasteiger charge is 2.23. The molecular weight excluding hydrogens is 621 g/mol. The molecule has 3 aromatic carbocycles. The first-order chi connectivity index (χ1) is 21.1. The third-order valence-electron chi connectivity index (χ3n) is 7.50. The lowest BCUT2D eigenvalue weighted by molar-refractivity contribution is 1.61. The molecule has 0 saturated heterocycles. The van der Waals surface area contributed by atoms with E-state index in [4.69, 9.17) is 8.75 Å². The van der Waals surface area contributed by atoms with Crippen LogP contribution in [-0.4, -0.2) is 8.75 Å². The van der Waals surface area contributed by atoms with Gasteiger partial charge in [0.1, 0.15) is 11.0 Å². The summed E-state index contributed by atoms with van der Waals surface area (Å²) in [6.45, 7) is 4.34. The third-order valence-corrected chi connectivity index (χ3v) is 12.8. The highest BCUT2D eigenvalue weighted by Crippen LogP contribution is 2.50. The molecule has 5 heterocycles. The lowest BCUT2D eigenvalue weighted by Crippen LogP contribution is -1.86. The van der Waals surface area contributed by atoms with Crippen LogP contribution in [0.15, 0.2) is 109 Å². The second-order valence-corrected chi connectivity index (χ2v) is 15.6. The quantitative estimate of drug-likeness (QED) is 0.180. The summed E-state index contributed by atoms with van der Waals surface area (Å²) in [7, 11) is 0. The number of benzene rings is 3. The van der Waals surface area contributed by atoms with Crippen LogP contribution in [0.1, 0.15) is 9.75 Å². The Bertz CT molecular complexity index is 2050. The Labute approximate surface area is 270 Å². The van der Waals surface area contributed by atoms with Gasteiger partial charge in [-0.15, -0.1) is 45.3 Å². The van der Waals surface area contributed by atoms with Crippen LogP contribution < -0.4 is 0 Å². The van der Waals surface area contributed by atoms with E-state index < -0.39 is 0 Å². The summed E-state index contributed by atoms with van der Waals surface area (Å²) in [4.78, 5) is 10.3. The summed E-state index contributed by atoms with van der Waals surface area (Å²) in [5, 5.41) is 0. The summed E-state index contributed by atoms with van der Waals surface area (Å²) >= 11 is 8.69. The van der Waals surface area contributed by atoms with Gasteiger partial charge in [-0.2, -0.15) is 8.75 Å². The SMILES string of the molecule is Cc1ccc(-c2cc(-c3ccccc3)c(-c3ccc(-c4sc(-c5ccc(C)s5)cc4-c4ccccc4)c4nsnc34)s2)s1. The maximum absolute atomic E-state index is 4.92. The van der Waals surface area contributed by atoms with Gasteiger partial charge in [0.2, 0.25) is 0 Å². The zero-order valence-electron chi connectivity index (χ0n) is 23.3. The maximum Gasteiger partial charge on any atom is 0.114 e. The molecule has 5 aromatic heterocycles. The summed E-state index contributed by atoms with van der Waals surface area (Å²) < 4.78 is 9.84. The Hall–Kier alpha value is -3.72. The molecule has 7 heteroatoms. The average molecular weight is 645 g/mol. The van der Waals surface area contributed by atoms with Crippen molar-refractivity contribution in [3.05, 3.63) is 119 Å². The van der Waals surface area contributed by atoms with Crippen molar-refractivity contribution in [3.63, 3.8) is 0 Å². The van der Waals surface area contributed by atoms with Gasteiger partial charge < -0.3 is 0 Å². The van der Waals surface area contributed by atoms with Crippen molar-refractivity contribution in [2.24, 2.45) is 0 Å². The molecule has 0 N–H and O–H groups in total. The van der Waals surface area contributed by atoms with Crippen molar-refractivity contribution in [3.8, 4) is 62.6 Å². The Morgan fingerprint density at radius 3 is 1.26 bits per heavy atom. The van der Waals surface area contributed by atoms with Crippen molar-refractivity contribution in [2.45, 2.75) is 13.8 Å². The molecule has 0 aliphatic heterocycles. The molecule has 0 aliphatic carbocycles. The van der Waals surface area contributed by atoms with E-state index in [0.29, 0.717) is 0 Å². The van der Waals surface area contributed by atoms with Crippen molar-refractivity contribution in [2.75, 3.05) is 0 Å². The van der Waals surface area contributed by atoms with Gasteiger partial charge >= 0.3 is 0 Å². The standard InChI is InChI=1S/C36H24N2S5/c1-21-13-17-29(39-21)31-19-27(23-9-5-3-6-10-23)35(41-31)25-15-16-26(34-33(25)37-43-38-34)36-28(24-11-7-4-8-12-24)20-32(42-36)30-18-14-22(2)40-30/h3-20H,1-2H3. The van der Waals surface area contributed by atoms with Gasteiger partial charge in [-0.25, -0.2) is 0 Å². The minimum atomic E-state index is 0.969. The van der Waals surface area contributed by atoms with Gasteiger partial charge in [-0.05, 0) is 61.4 Å². The van der Waals surface area contributed by atoms with Crippen LogP contribution >= 0.6 is 57.1 Å². The van der Waals surface area contributed by atoms with E-state index in [0.717, 1.165) is 22.2 Å². The summed E-state index contributed by atoms with van der Waals surface area (Å²) in [6.07, 6.45) is 0. The first-order valence-electron chi connectivity index (χ1n) is 13.9. The smallest absolute Gasteiger partial charge is 0.114 e. The molecule has 2 nitrogen and oxygen atoms in total. The number of rotatable bonds is 6. The summed E-state index contributed by atoms with van der Waals surface area (Å²) in [6, 6.07) is 39.5. The van der Waals surface area contributed by atoms with Crippen LogP contribution in [0.2, 0.25) is 0 Å². The Kier molecular flexibility index (Phi) is 6.93. The van der Waals surface area contributed by atoms with Crippen LogP contribution in [0.25, 0.3) is 73.7 Å². The third kappa shape index (κ3) is 4.91. The number of hydrogen-bond acceptors (Lipinski definition) is 7. The van der Waals surface area contributed by atoms with Crippen molar-refractivity contribution < 1.29 is 0 Å². The van der Waals surface area contributed by atoms with Gasteiger partial charge in [0.15, 0.2) is 0 Å². The molecule has 0 fully saturated rings. The van der Waals surface area contributed by atoms with Crippen molar-refractivity contribution >= 4 is 68.1 Å². The summed E-state index contributed by atoms with van der Waals surface area (Å²) in [5.41, 5.74) is 9.14. The molecule has 0 amide bonds. The molecule has 0 bridgehead atoms. The zero-order valence-corrected chi connectivity index (χ0v) is 27.4. The Morgan fingerprint density at radius 1 is 0.419 bits per heavy atom. The fraction of sp³-hybridized carbons (Fsp3) is 0.0556. The first-order valence-corrected chi connectivity index (χ1v) is 17.9. The van der Waals surface area contributed by atoms with Crippen molar-refractivity contribution in [1.82, 2.24) is 8.75 Å². The normalized spacial score (nSPS) is 11.5. The fourth-order valence-electron chi connectivity index (χ4n) is 5.46. The van der Waals surface area contributed by atoms with Gasteiger partial charge in [-0.1, -0.05) is 72.8 Å². The van der Waals surface area contributed by atoms with E-state index in [2.05, 4.69) is 123 Å². The molecule has 8 rings (SSSR count). The number of hydrogen-bond donors (Lipinski definition) is 0. The number of thiophene rings is 4. The lowest BCUT2D eigenvalue weighted by Gasteiger charge is -2.09. The maximum atomic E-state index is 4.92. The minimum Gasteiger partial charge on any atom is -0.172 e. The molecule has 0 saturated carbocycles. The minimum absolute atomic E-state index is 0.969. The van der Waals surface area contributed by atoms with Gasteiger partial charge in [0.05, 0.1) is 11.7 Å². The van der Waals surface area contributed by atoms with Crippen LogP contribution in [0.5, 0.6) is 0 Å². The Morgan fingerprint density at radius 2 is 0.860 bits per heavy atom. The van der Waals surface area contributed by atoms with Crippen LogP contribution in [-0.2, 0) is 0 Å². The predicted molar refractivity (Wildman–Crippen MR) is 191 cm³/mol. The predicted octanol–water partition coefficient (Wildman–Crippen LogP) is 12.6. The molecule has 0 aliphatic rings. The molecule has 43 heavy (non-hydrogen) atoms. The molecule has 0 radical (unpaired) electrons. The number of fused-ring (bicyclic) bond motifs is 1. The van der Waals surface area contributed by atoms with Gasteiger partial charge in [0.25, 0.3) is 0 Å². The molecule has 208 valence electrons. The highest BCUT2D eigenvalue weighted by molar-refractivity contribution is 7.25. The molecule has 0 atom stereocenters. The van der Waals surface area contributed by atoms with Crippen LogP contribution in [0, 0.1) is 13.8 Å². The lowest BCUT2D eigenvalue weighted by atomic mass is 9.97. The van der Waals surface area contributed by atoms with E-state index in [-0.39, 0.29) is 0 Å². The molecular formula is C36H24N2S5. The van der Waals surface area contributed by atoms with E-state index in [1.807, 2.05) is 45.3 Å². The number of nitrogens with zero attached hydrogens (tertiary/aromatic N) is 2. The first kappa shape index (κ1) is 26.9. The Balaban J connectivity index is 1.33. The highest BCUT2D eigenvalue weighted by atomic mass is 32.1. The van der Waals surface area contributed by atoms with E-state index in [1.165, 1.54) is 73.0 Å². The fourth-order valence-corrected chi connectivity index (χ4v) is 10.3. The van der Waals surface area contributed by atoms with Gasteiger partial charge in [0, 0.05) is 61.3 Å². The van der Waals surface area contributed by atoms with E-state index >= 15 is 0 Å². The second kappa shape index (κ2) is 11.1. The summed E-state index contributed by atoms with van der Waals surface area (Å²) in [5.74, 6) is 0. The second-order valence-electron chi connectivity index (χ2n) is 10.4. The zero-order chi connectivity index (χ0) is 28.9. The molecule has 8 aromatic rings. The topological polar surface area (TPSA) is 25.8 Å². The monoisotopic (exact) mass is 644 g/mol.